The molecular formula is C12H18N4O3. The third-order valence-corrected chi connectivity index (χ3v) is 2.13. The standard InChI is InChI=1S/C12H18N4O3/c1-12(2,3)15-11(17)6-7-13-10-5-4-9(8-14-10)16(18)19/h4-5,8H,6-7H2,1-3H3,(H,13,14)(H,15,17). The Kier molecular flexibility index (Phi) is 4.80. The largest absolute Gasteiger partial charge is 0.370 e. The molecule has 0 saturated heterocycles. The molecule has 2 N–H and O–H groups in total. The van der Waals surface area contributed by atoms with Crippen LogP contribution >= 0.6 is 0 Å². The third kappa shape index (κ3) is 5.80. The molecule has 0 fully saturated rings. The van der Waals surface area contributed by atoms with Crippen molar-refractivity contribution < 1.29 is 9.72 Å². The zero-order valence-corrected chi connectivity index (χ0v) is 11.3. The number of amides is 1. The van der Waals surface area contributed by atoms with Crippen LogP contribution < -0.4 is 10.6 Å². The van der Waals surface area contributed by atoms with E-state index in [1.807, 2.05) is 20.8 Å². The van der Waals surface area contributed by atoms with Crippen LogP contribution in [-0.2, 0) is 4.79 Å². The van der Waals surface area contributed by atoms with E-state index in [-0.39, 0.29) is 17.1 Å². The minimum Gasteiger partial charge on any atom is -0.370 e. The number of nitrogens with one attached hydrogen (secondary N) is 2. The summed E-state index contributed by atoms with van der Waals surface area (Å²) in [5.41, 5.74) is -0.307. The van der Waals surface area contributed by atoms with Crippen molar-refractivity contribution in [2.24, 2.45) is 0 Å². The first-order valence-electron chi connectivity index (χ1n) is 5.93. The van der Waals surface area contributed by atoms with E-state index in [0.717, 1.165) is 0 Å². The Morgan fingerprint density at radius 3 is 2.58 bits per heavy atom. The zero-order chi connectivity index (χ0) is 14.5. The highest BCUT2D eigenvalue weighted by molar-refractivity contribution is 5.77. The van der Waals surface area contributed by atoms with Crippen molar-refractivity contribution in [3.05, 3.63) is 28.4 Å². The van der Waals surface area contributed by atoms with Gasteiger partial charge in [-0.05, 0) is 26.8 Å². The van der Waals surface area contributed by atoms with E-state index < -0.39 is 4.92 Å². The Morgan fingerprint density at radius 2 is 2.11 bits per heavy atom. The number of hydrogen-bond donors (Lipinski definition) is 2. The normalized spacial score (nSPS) is 10.9. The van der Waals surface area contributed by atoms with Crippen molar-refractivity contribution >= 4 is 17.4 Å². The van der Waals surface area contributed by atoms with E-state index in [1.54, 1.807) is 0 Å². The molecule has 7 heteroatoms. The summed E-state index contributed by atoms with van der Waals surface area (Å²) in [7, 11) is 0. The molecule has 19 heavy (non-hydrogen) atoms. The van der Waals surface area contributed by atoms with E-state index in [0.29, 0.717) is 18.8 Å². The highest BCUT2D eigenvalue weighted by Crippen LogP contribution is 2.11. The second-order valence-electron chi connectivity index (χ2n) is 5.13. The third-order valence-electron chi connectivity index (χ3n) is 2.13. The molecule has 0 unspecified atom stereocenters. The number of aromatic nitrogens is 1. The number of hydrogen-bond acceptors (Lipinski definition) is 5. The number of pyridine rings is 1. The van der Waals surface area contributed by atoms with Gasteiger partial charge in [-0.15, -0.1) is 0 Å². The van der Waals surface area contributed by atoms with Gasteiger partial charge in [-0.1, -0.05) is 0 Å². The summed E-state index contributed by atoms with van der Waals surface area (Å²) < 4.78 is 0. The minimum atomic E-state index is -0.506. The van der Waals surface area contributed by atoms with Crippen molar-refractivity contribution in [3.8, 4) is 0 Å². The molecule has 0 saturated carbocycles. The molecule has 0 aliphatic carbocycles. The van der Waals surface area contributed by atoms with Crippen LogP contribution in [0.2, 0.25) is 0 Å². The highest BCUT2D eigenvalue weighted by Gasteiger charge is 2.13. The Balaban J connectivity index is 2.37. The van der Waals surface area contributed by atoms with E-state index in [9.17, 15) is 14.9 Å². The van der Waals surface area contributed by atoms with Crippen LogP contribution in [0.1, 0.15) is 27.2 Å². The van der Waals surface area contributed by atoms with Crippen LogP contribution in [0, 0.1) is 10.1 Å². The first-order valence-corrected chi connectivity index (χ1v) is 5.93. The van der Waals surface area contributed by atoms with Crippen LogP contribution in [0.4, 0.5) is 11.5 Å². The smallest absolute Gasteiger partial charge is 0.287 e. The van der Waals surface area contributed by atoms with E-state index in [2.05, 4.69) is 15.6 Å². The quantitative estimate of drug-likeness (QED) is 0.624. The van der Waals surface area contributed by atoms with Crippen LogP contribution in [0.25, 0.3) is 0 Å². The lowest BCUT2D eigenvalue weighted by Gasteiger charge is -2.20. The minimum absolute atomic E-state index is 0.0538. The average Bonchev–Trinajstić information content (AvgIpc) is 2.27. The van der Waals surface area contributed by atoms with Gasteiger partial charge < -0.3 is 10.6 Å². The monoisotopic (exact) mass is 266 g/mol. The molecule has 1 amide bonds. The van der Waals surface area contributed by atoms with Gasteiger partial charge >= 0.3 is 0 Å². The maximum atomic E-state index is 11.5. The fourth-order valence-electron chi connectivity index (χ4n) is 1.38. The molecule has 0 spiro atoms. The van der Waals surface area contributed by atoms with Gasteiger partial charge in [-0.2, -0.15) is 0 Å². The van der Waals surface area contributed by atoms with Gasteiger partial charge in [0.05, 0.1) is 4.92 Å². The lowest BCUT2D eigenvalue weighted by Crippen LogP contribution is -2.41. The second-order valence-corrected chi connectivity index (χ2v) is 5.13. The van der Waals surface area contributed by atoms with Crippen molar-refractivity contribution in [3.63, 3.8) is 0 Å². The molecule has 0 radical (unpaired) electrons. The molecule has 1 aromatic rings. The van der Waals surface area contributed by atoms with Crippen molar-refractivity contribution in [2.45, 2.75) is 32.7 Å². The maximum Gasteiger partial charge on any atom is 0.287 e. The van der Waals surface area contributed by atoms with Crippen LogP contribution in [0.15, 0.2) is 18.3 Å². The summed E-state index contributed by atoms with van der Waals surface area (Å²) in [6, 6.07) is 2.88. The molecule has 7 nitrogen and oxygen atoms in total. The Hall–Kier alpha value is -2.18. The lowest BCUT2D eigenvalue weighted by molar-refractivity contribution is -0.385. The van der Waals surface area contributed by atoms with Crippen LogP contribution in [0.5, 0.6) is 0 Å². The van der Waals surface area contributed by atoms with E-state index >= 15 is 0 Å². The fraction of sp³-hybridized carbons (Fsp3) is 0.500. The molecule has 0 bridgehead atoms. The summed E-state index contributed by atoms with van der Waals surface area (Å²) in [4.78, 5) is 25.4. The second kappa shape index (κ2) is 6.12. The zero-order valence-electron chi connectivity index (χ0n) is 11.3. The maximum absolute atomic E-state index is 11.5. The van der Waals surface area contributed by atoms with Gasteiger partial charge in [0.1, 0.15) is 12.0 Å². The number of nitro groups is 1. The number of carbonyl (C=O) groups is 1. The first kappa shape index (κ1) is 14.9. The summed E-state index contributed by atoms with van der Waals surface area (Å²) in [5.74, 6) is 0.455. The van der Waals surface area contributed by atoms with Gasteiger partial charge in [-0.3, -0.25) is 14.9 Å². The molecule has 1 rings (SSSR count). The molecular weight excluding hydrogens is 248 g/mol. The molecule has 0 atom stereocenters. The summed E-state index contributed by atoms with van der Waals surface area (Å²) in [6.07, 6.45) is 1.49. The SMILES string of the molecule is CC(C)(C)NC(=O)CCNc1ccc([N+](=O)[O-])cn1. The van der Waals surface area contributed by atoms with Gasteiger partial charge in [-0.25, -0.2) is 4.98 Å². The molecule has 1 aromatic heterocycles. The van der Waals surface area contributed by atoms with Gasteiger partial charge in [0.2, 0.25) is 5.91 Å². The predicted octanol–water partition coefficient (Wildman–Crippen LogP) is 1.71. The number of carbonyl (C=O) groups excluding carboxylic acids is 1. The Morgan fingerprint density at radius 1 is 1.42 bits per heavy atom. The summed E-state index contributed by atoms with van der Waals surface area (Å²) in [6.45, 7) is 6.16. The molecule has 104 valence electrons. The fourth-order valence-corrected chi connectivity index (χ4v) is 1.38. The molecule has 0 aromatic carbocycles. The van der Waals surface area contributed by atoms with Crippen molar-refractivity contribution in [1.29, 1.82) is 0 Å². The van der Waals surface area contributed by atoms with Crippen LogP contribution in [-0.4, -0.2) is 27.9 Å². The summed E-state index contributed by atoms with van der Waals surface area (Å²) >= 11 is 0. The molecule has 1 heterocycles. The number of anilines is 1. The van der Waals surface area contributed by atoms with Crippen molar-refractivity contribution in [1.82, 2.24) is 10.3 Å². The topological polar surface area (TPSA) is 97.2 Å². The number of nitrogens with zero attached hydrogens (tertiary/aromatic N) is 2. The predicted molar refractivity (Wildman–Crippen MR) is 71.9 cm³/mol. The van der Waals surface area contributed by atoms with Gasteiger partial charge in [0.25, 0.3) is 5.69 Å². The average molecular weight is 266 g/mol. The molecule has 0 aliphatic rings. The van der Waals surface area contributed by atoms with E-state index in [4.69, 9.17) is 0 Å². The Labute approximate surface area is 111 Å². The summed E-state index contributed by atoms with van der Waals surface area (Å²) in [5, 5.41) is 16.2. The van der Waals surface area contributed by atoms with Crippen molar-refractivity contribution in [2.75, 3.05) is 11.9 Å². The molecule has 0 aliphatic heterocycles. The van der Waals surface area contributed by atoms with E-state index in [1.165, 1.54) is 18.3 Å². The van der Waals surface area contributed by atoms with Gasteiger partial charge in [0.15, 0.2) is 0 Å². The van der Waals surface area contributed by atoms with Gasteiger partial charge in [0, 0.05) is 24.6 Å². The lowest BCUT2D eigenvalue weighted by atomic mass is 10.1. The highest BCUT2D eigenvalue weighted by atomic mass is 16.6. The first-order chi connectivity index (χ1) is 8.78. The van der Waals surface area contributed by atoms with Crippen LogP contribution in [0.3, 0.4) is 0 Å². The number of rotatable bonds is 5. The Bertz CT molecular complexity index is 451.